The van der Waals surface area contributed by atoms with E-state index >= 15 is 0 Å². The summed E-state index contributed by atoms with van der Waals surface area (Å²) in [6.07, 6.45) is 6.47. The van der Waals surface area contributed by atoms with Gasteiger partial charge in [0.1, 0.15) is 11.6 Å². The lowest BCUT2D eigenvalue weighted by Gasteiger charge is -2.15. The fraction of sp³-hybridized carbons (Fsp3) is 0.280. The second kappa shape index (κ2) is 12.5. The summed E-state index contributed by atoms with van der Waals surface area (Å²) in [5.74, 6) is 1.63. The van der Waals surface area contributed by atoms with Crippen LogP contribution in [0.15, 0.2) is 67.9 Å². The molecule has 0 aliphatic rings. The highest BCUT2D eigenvalue weighted by molar-refractivity contribution is 9.11. The number of H-pyrrole nitrogens is 1. The van der Waals surface area contributed by atoms with Crippen LogP contribution >= 0.6 is 43.2 Å². The molecule has 0 bridgehead atoms. The summed E-state index contributed by atoms with van der Waals surface area (Å²) in [7, 11) is 0. The van der Waals surface area contributed by atoms with Crippen molar-refractivity contribution in [2.75, 3.05) is 25.0 Å². The number of rotatable bonds is 12. The minimum absolute atomic E-state index is 0.0533. The molecule has 1 aromatic carbocycles. The standard InChI is InChI=1S/C25H26Br2N4O2S/c26-19-12-18(24(20(27)13-19)33-10-2-5-17-4-1-7-28-15-17)16-29-8-3-9-30-23-14-22(32)25-21(31-23)6-11-34-25/h1,4,6-7,11-15,29H,2-3,5,8-10,16H2,(H2,30,31,32). The van der Waals surface area contributed by atoms with Crippen LogP contribution < -0.4 is 20.8 Å². The molecule has 3 aromatic heterocycles. The maximum atomic E-state index is 12.1. The van der Waals surface area contributed by atoms with E-state index in [-0.39, 0.29) is 5.43 Å². The lowest BCUT2D eigenvalue weighted by Crippen LogP contribution is -2.19. The smallest absolute Gasteiger partial charge is 0.201 e. The molecule has 0 aliphatic carbocycles. The minimum atomic E-state index is 0.0533. The fourth-order valence-electron chi connectivity index (χ4n) is 3.63. The Morgan fingerprint density at radius 1 is 1.12 bits per heavy atom. The van der Waals surface area contributed by atoms with E-state index in [0.29, 0.717) is 13.2 Å². The molecule has 4 rings (SSSR count). The lowest BCUT2D eigenvalue weighted by molar-refractivity contribution is 0.305. The monoisotopic (exact) mass is 604 g/mol. The molecule has 3 heterocycles. The third-order valence-electron chi connectivity index (χ3n) is 5.26. The van der Waals surface area contributed by atoms with Crippen LogP contribution in [0.1, 0.15) is 24.0 Å². The van der Waals surface area contributed by atoms with Crippen LogP contribution in [-0.4, -0.2) is 29.7 Å². The van der Waals surface area contributed by atoms with Crippen molar-refractivity contribution in [1.29, 1.82) is 0 Å². The number of hydrogen-bond donors (Lipinski definition) is 3. The van der Waals surface area contributed by atoms with Gasteiger partial charge in [-0.25, -0.2) is 0 Å². The first-order valence-electron chi connectivity index (χ1n) is 11.1. The highest BCUT2D eigenvalue weighted by atomic mass is 79.9. The molecule has 178 valence electrons. The zero-order valence-corrected chi connectivity index (χ0v) is 22.6. The number of benzene rings is 1. The van der Waals surface area contributed by atoms with Crippen molar-refractivity contribution in [3.63, 3.8) is 0 Å². The van der Waals surface area contributed by atoms with Gasteiger partial charge in [0.15, 0.2) is 0 Å². The normalized spacial score (nSPS) is 11.1. The lowest BCUT2D eigenvalue weighted by atomic mass is 10.1. The summed E-state index contributed by atoms with van der Waals surface area (Å²) >= 11 is 8.69. The number of ether oxygens (including phenoxy) is 1. The van der Waals surface area contributed by atoms with Crippen molar-refractivity contribution in [1.82, 2.24) is 15.3 Å². The van der Waals surface area contributed by atoms with Crippen LogP contribution in [0, 0.1) is 0 Å². The quantitative estimate of drug-likeness (QED) is 0.170. The predicted octanol–water partition coefficient (Wildman–Crippen LogP) is 6.11. The first kappa shape index (κ1) is 24.9. The molecule has 0 fully saturated rings. The Morgan fingerprint density at radius 2 is 2.03 bits per heavy atom. The largest absolute Gasteiger partial charge is 0.492 e. The highest BCUT2D eigenvalue weighted by Gasteiger charge is 2.10. The van der Waals surface area contributed by atoms with E-state index in [2.05, 4.69) is 64.6 Å². The number of fused-ring (bicyclic) bond motifs is 1. The molecule has 0 saturated heterocycles. The molecule has 0 radical (unpaired) electrons. The van der Waals surface area contributed by atoms with Crippen molar-refractivity contribution in [2.45, 2.75) is 25.8 Å². The SMILES string of the molecule is O=c1cc(NCCCNCc2cc(Br)cc(Br)c2OCCCc2cccnc2)[nH]c2ccsc12. The molecule has 0 unspecified atom stereocenters. The summed E-state index contributed by atoms with van der Waals surface area (Å²) in [6, 6.07) is 11.7. The Balaban J connectivity index is 1.23. The Kier molecular flexibility index (Phi) is 9.15. The van der Waals surface area contributed by atoms with Crippen molar-refractivity contribution < 1.29 is 4.74 Å². The zero-order chi connectivity index (χ0) is 23.8. The maximum Gasteiger partial charge on any atom is 0.201 e. The van der Waals surface area contributed by atoms with Gasteiger partial charge < -0.3 is 20.4 Å². The van der Waals surface area contributed by atoms with Crippen molar-refractivity contribution in [2.24, 2.45) is 0 Å². The first-order valence-corrected chi connectivity index (χ1v) is 13.6. The van der Waals surface area contributed by atoms with E-state index in [1.165, 1.54) is 16.9 Å². The van der Waals surface area contributed by atoms with Crippen LogP contribution in [0.4, 0.5) is 5.82 Å². The second-order valence-electron chi connectivity index (χ2n) is 7.86. The van der Waals surface area contributed by atoms with Gasteiger partial charge in [0, 0.05) is 41.6 Å². The van der Waals surface area contributed by atoms with Gasteiger partial charge in [0.25, 0.3) is 0 Å². The van der Waals surface area contributed by atoms with Gasteiger partial charge in [-0.2, -0.15) is 0 Å². The van der Waals surface area contributed by atoms with Gasteiger partial charge in [0.2, 0.25) is 5.43 Å². The number of pyridine rings is 2. The van der Waals surface area contributed by atoms with Gasteiger partial charge >= 0.3 is 0 Å². The van der Waals surface area contributed by atoms with Crippen LogP contribution in [0.25, 0.3) is 10.2 Å². The minimum Gasteiger partial charge on any atom is -0.492 e. The van der Waals surface area contributed by atoms with Gasteiger partial charge in [-0.3, -0.25) is 9.78 Å². The molecule has 0 amide bonds. The fourth-order valence-corrected chi connectivity index (χ4v) is 5.82. The topological polar surface area (TPSA) is 79.0 Å². The molecule has 4 aromatic rings. The molecule has 0 atom stereocenters. The predicted molar refractivity (Wildman–Crippen MR) is 147 cm³/mol. The number of halogens is 2. The van der Waals surface area contributed by atoms with Crippen LogP contribution in [-0.2, 0) is 13.0 Å². The highest BCUT2D eigenvalue weighted by Crippen LogP contribution is 2.33. The Hall–Kier alpha value is -2.20. The Morgan fingerprint density at radius 3 is 2.88 bits per heavy atom. The molecule has 34 heavy (non-hydrogen) atoms. The van der Waals surface area contributed by atoms with Gasteiger partial charge in [-0.05, 0) is 76.9 Å². The Bertz CT molecular complexity index is 1280. The average molecular weight is 606 g/mol. The van der Waals surface area contributed by atoms with Crippen molar-refractivity contribution in [3.8, 4) is 5.75 Å². The molecule has 0 saturated carbocycles. The first-order chi connectivity index (χ1) is 16.6. The molecular formula is C25H26Br2N4O2S. The van der Waals surface area contributed by atoms with E-state index in [4.69, 9.17) is 4.74 Å². The molecule has 9 heteroatoms. The van der Waals surface area contributed by atoms with Gasteiger partial charge in [0.05, 0.1) is 21.3 Å². The van der Waals surface area contributed by atoms with Crippen LogP contribution in [0.3, 0.4) is 0 Å². The maximum absolute atomic E-state index is 12.1. The number of thiophene rings is 1. The second-order valence-corrected chi connectivity index (χ2v) is 10.5. The van der Waals surface area contributed by atoms with E-state index in [1.54, 1.807) is 12.3 Å². The van der Waals surface area contributed by atoms with E-state index in [0.717, 1.165) is 68.6 Å². The summed E-state index contributed by atoms with van der Waals surface area (Å²) in [6.45, 7) is 2.94. The number of nitrogens with one attached hydrogen (secondary N) is 3. The number of hydrogen-bond acceptors (Lipinski definition) is 6. The number of aromatic nitrogens is 2. The third-order valence-corrected chi connectivity index (χ3v) is 7.24. The molecule has 0 spiro atoms. The molecular weight excluding hydrogens is 580 g/mol. The van der Waals surface area contributed by atoms with Crippen molar-refractivity contribution >= 4 is 59.2 Å². The molecule has 6 nitrogen and oxygen atoms in total. The number of nitrogens with zero attached hydrogens (tertiary/aromatic N) is 1. The van der Waals surface area contributed by atoms with E-state index < -0.39 is 0 Å². The number of anilines is 1. The molecule has 0 aliphatic heterocycles. The summed E-state index contributed by atoms with van der Waals surface area (Å²) in [5, 5.41) is 8.73. The zero-order valence-electron chi connectivity index (χ0n) is 18.6. The summed E-state index contributed by atoms with van der Waals surface area (Å²) < 4.78 is 8.86. The van der Waals surface area contributed by atoms with Crippen molar-refractivity contribution in [3.05, 3.63) is 84.5 Å². The number of aryl methyl sites for hydroxylation is 1. The van der Waals surface area contributed by atoms with Crippen LogP contribution in [0.5, 0.6) is 5.75 Å². The summed E-state index contributed by atoms with van der Waals surface area (Å²) in [4.78, 5) is 19.6. The van der Waals surface area contributed by atoms with E-state index in [1.807, 2.05) is 29.8 Å². The molecule has 3 N–H and O–H groups in total. The average Bonchev–Trinajstić information content (AvgIpc) is 3.30. The van der Waals surface area contributed by atoms with Crippen LogP contribution in [0.2, 0.25) is 0 Å². The Labute approximate surface area is 219 Å². The van der Waals surface area contributed by atoms with Gasteiger partial charge in [-0.15, -0.1) is 11.3 Å². The summed E-state index contributed by atoms with van der Waals surface area (Å²) in [5.41, 5.74) is 3.25. The third kappa shape index (κ3) is 6.91. The number of aromatic amines is 1. The van der Waals surface area contributed by atoms with E-state index in [9.17, 15) is 4.79 Å². The van der Waals surface area contributed by atoms with Gasteiger partial charge in [-0.1, -0.05) is 22.0 Å².